The Labute approximate surface area is 91.0 Å². The van der Waals surface area contributed by atoms with E-state index in [1.54, 1.807) is 4.90 Å². The van der Waals surface area contributed by atoms with Crippen molar-refractivity contribution in [1.29, 1.82) is 0 Å². The first-order valence-electron chi connectivity index (χ1n) is 5.27. The number of hydrogen-bond acceptors (Lipinski definition) is 2. The monoisotopic (exact) mass is 210 g/mol. The standard InChI is InChI=1S/C11H18N2O2/c1-11(2,3)15-10(14)13-7-5-6-9(13)8-12-4/h9H,5-8H2,1-3H3/t9-/m0/s1. The van der Waals surface area contributed by atoms with Gasteiger partial charge in [0.25, 0.3) is 0 Å². The van der Waals surface area contributed by atoms with Crippen LogP contribution in [0.3, 0.4) is 0 Å². The molecule has 84 valence electrons. The van der Waals surface area contributed by atoms with E-state index in [1.165, 1.54) is 0 Å². The molecule has 1 amide bonds. The summed E-state index contributed by atoms with van der Waals surface area (Å²) in [6, 6.07) is 0.0531. The summed E-state index contributed by atoms with van der Waals surface area (Å²) >= 11 is 0. The van der Waals surface area contributed by atoms with Gasteiger partial charge in [0, 0.05) is 6.54 Å². The van der Waals surface area contributed by atoms with Gasteiger partial charge in [-0.15, -0.1) is 0 Å². The Morgan fingerprint density at radius 3 is 2.80 bits per heavy atom. The van der Waals surface area contributed by atoms with Gasteiger partial charge in [-0.3, -0.25) is 4.90 Å². The van der Waals surface area contributed by atoms with Crippen LogP contribution in [-0.2, 0) is 4.74 Å². The third kappa shape index (κ3) is 3.43. The van der Waals surface area contributed by atoms with Crippen molar-refractivity contribution in [2.75, 3.05) is 13.1 Å². The Balaban J connectivity index is 2.56. The van der Waals surface area contributed by atoms with Gasteiger partial charge in [0.2, 0.25) is 6.54 Å². The molecular formula is C11H18N2O2. The van der Waals surface area contributed by atoms with Crippen molar-refractivity contribution in [2.45, 2.75) is 45.3 Å². The molecule has 0 aromatic rings. The van der Waals surface area contributed by atoms with Crippen molar-refractivity contribution >= 4 is 6.09 Å². The van der Waals surface area contributed by atoms with Gasteiger partial charge in [-0.05, 0) is 33.6 Å². The molecule has 0 saturated carbocycles. The zero-order chi connectivity index (χ0) is 11.5. The Morgan fingerprint density at radius 1 is 1.60 bits per heavy atom. The summed E-state index contributed by atoms with van der Waals surface area (Å²) < 4.78 is 5.28. The molecule has 0 N–H and O–H groups in total. The molecule has 1 fully saturated rings. The van der Waals surface area contributed by atoms with Crippen LogP contribution in [-0.4, -0.2) is 35.7 Å². The zero-order valence-corrected chi connectivity index (χ0v) is 9.62. The van der Waals surface area contributed by atoms with Gasteiger partial charge >= 0.3 is 6.09 Å². The first-order valence-corrected chi connectivity index (χ1v) is 5.27. The number of nitrogens with zero attached hydrogens (tertiary/aromatic N) is 2. The van der Waals surface area contributed by atoms with Crippen LogP contribution in [0.15, 0.2) is 0 Å². The Bertz CT molecular complexity index is 275. The van der Waals surface area contributed by atoms with Crippen LogP contribution in [0.4, 0.5) is 4.79 Å². The second-order valence-electron chi connectivity index (χ2n) is 4.81. The van der Waals surface area contributed by atoms with Gasteiger partial charge in [-0.2, -0.15) is 0 Å². The predicted molar refractivity (Wildman–Crippen MR) is 57.4 cm³/mol. The molecule has 4 heteroatoms. The highest BCUT2D eigenvalue weighted by Gasteiger charge is 2.33. The van der Waals surface area contributed by atoms with Crippen molar-refractivity contribution in [3.05, 3.63) is 11.4 Å². The minimum atomic E-state index is -0.456. The number of amides is 1. The molecule has 1 atom stereocenters. The number of carbonyl (C=O) groups is 1. The molecule has 15 heavy (non-hydrogen) atoms. The second-order valence-corrected chi connectivity index (χ2v) is 4.81. The van der Waals surface area contributed by atoms with Crippen molar-refractivity contribution < 1.29 is 9.53 Å². The lowest BCUT2D eigenvalue weighted by Gasteiger charge is -2.26. The highest BCUT2D eigenvalue weighted by atomic mass is 16.6. The van der Waals surface area contributed by atoms with Crippen LogP contribution in [0, 0.1) is 6.57 Å². The van der Waals surface area contributed by atoms with Crippen LogP contribution in [0.25, 0.3) is 4.85 Å². The lowest BCUT2D eigenvalue weighted by molar-refractivity contribution is 0.0237. The highest BCUT2D eigenvalue weighted by Crippen LogP contribution is 2.20. The molecule has 4 nitrogen and oxygen atoms in total. The third-order valence-electron chi connectivity index (χ3n) is 2.31. The average Bonchev–Trinajstić information content (AvgIpc) is 2.49. The van der Waals surface area contributed by atoms with Gasteiger partial charge in [-0.25, -0.2) is 11.4 Å². The van der Waals surface area contributed by atoms with Crippen molar-refractivity contribution in [3.8, 4) is 0 Å². The van der Waals surface area contributed by atoms with Crippen LogP contribution >= 0.6 is 0 Å². The minimum Gasteiger partial charge on any atom is -0.444 e. The number of hydrogen-bond donors (Lipinski definition) is 0. The molecular weight excluding hydrogens is 192 g/mol. The SMILES string of the molecule is [C-]#[N+]C[C@@H]1CCCN1C(=O)OC(C)(C)C. The summed E-state index contributed by atoms with van der Waals surface area (Å²) in [5.41, 5.74) is -0.456. The molecule has 1 saturated heterocycles. The molecule has 1 heterocycles. The fraction of sp³-hybridized carbons (Fsp3) is 0.818. The molecule has 1 aliphatic rings. The maximum Gasteiger partial charge on any atom is 0.410 e. The van der Waals surface area contributed by atoms with Gasteiger partial charge in [0.05, 0.1) is 0 Å². The van der Waals surface area contributed by atoms with E-state index in [2.05, 4.69) is 4.85 Å². The Hall–Kier alpha value is -1.24. The number of likely N-dealkylation sites (tertiary alicyclic amines) is 1. The zero-order valence-electron chi connectivity index (χ0n) is 9.62. The van der Waals surface area contributed by atoms with Crippen LogP contribution in [0.1, 0.15) is 33.6 Å². The fourth-order valence-electron chi connectivity index (χ4n) is 1.69. The molecule has 0 aliphatic carbocycles. The number of rotatable bonds is 1. The fourth-order valence-corrected chi connectivity index (χ4v) is 1.69. The Morgan fingerprint density at radius 2 is 2.27 bits per heavy atom. The van der Waals surface area contributed by atoms with E-state index in [1.807, 2.05) is 20.8 Å². The number of ether oxygens (including phenoxy) is 1. The maximum atomic E-state index is 11.7. The lowest BCUT2D eigenvalue weighted by Crippen LogP contribution is -2.40. The van der Waals surface area contributed by atoms with Gasteiger partial charge < -0.3 is 9.58 Å². The first kappa shape index (κ1) is 11.8. The normalized spacial score (nSPS) is 21.2. The molecule has 0 aromatic carbocycles. The average molecular weight is 210 g/mol. The van der Waals surface area contributed by atoms with Crippen LogP contribution in [0.5, 0.6) is 0 Å². The largest absolute Gasteiger partial charge is 0.444 e. The molecule has 0 unspecified atom stereocenters. The summed E-state index contributed by atoms with van der Waals surface area (Å²) in [4.78, 5) is 16.8. The van der Waals surface area contributed by atoms with Crippen molar-refractivity contribution in [1.82, 2.24) is 4.90 Å². The van der Waals surface area contributed by atoms with Crippen molar-refractivity contribution in [3.63, 3.8) is 0 Å². The van der Waals surface area contributed by atoms with E-state index < -0.39 is 5.60 Å². The Kier molecular flexibility index (Phi) is 3.57. The summed E-state index contributed by atoms with van der Waals surface area (Å²) in [5, 5.41) is 0. The topological polar surface area (TPSA) is 33.9 Å². The van der Waals surface area contributed by atoms with Crippen LogP contribution in [0.2, 0.25) is 0 Å². The van der Waals surface area contributed by atoms with Gasteiger partial charge in [-0.1, -0.05) is 0 Å². The molecule has 1 aliphatic heterocycles. The van der Waals surface area contributed by atoms with Gasteiger partial charge in [0.1, 0.15) is 11.6 Å². The van der Waals surface area contributed by atoms with E-state index >= 15 is 0 Å². The van der Waals surface area contributed by atoms with E-state index in [4.69, 9.17) is 11.3 Å². The van der Waals surface area contributed by atoms with Gasteiger partial charge in [0.15, 0.2) is 0 Å². The van der Waals surface area contributed by atoms with Crippen molar-refractivity contribution in [2.24, 2.45) is 0 Å². The predicted octanol–water partition coefficient (Wildman–Crippen LogP) is 2.31. The smallest absolute Gasteiger partial charge is 0.410 e. The van der Waals surface area contributed by atoms with E-state index in [9.17, 15) is 4.79 Å². The number of carbonyl (C=O) groups excluding carboxylic acids is 1. The minimum absolute atomic E-state index is 0.0531. The van der Waals surface area contributed by atoms with E-state index in [0.717, 1.165) is 19.4 Å². The lowest BCUT2D eigenvalue weighted by atomic mass is 10.2. The quantitative estimate of drug-likeness (QED) is 0.622. The highest BCUT2D eigenvalue weighted by molar-refractivity contribution is 5.69. The summed E-state index contributed by atoms with van der Waals surface area (Å²) in [5.74, 6) is 0. The molecule has 0 spiro atoms. The molecule has 0 bridgehead atoms. The molecule has 1 rings (SSSR count). The summed E-state index contributed by atoms with van der Waals surface area (Å²) in [7, 11) is 0. The molecule has 0 radical (unpaired) electrons. The van der Waals surface area contributed by atoms with E-state index in [0.29, 0.717) is 6.54 Å². The van der Waals surface area contributed by atoms with Crippen LogP contribution < -0.4 is 0 Å². The summed E-state index contributed by atoms with van der Waals surface area (Å²) in [6.07, 6.45) is 1.61. The molecule has 0 aromatic heterocycles. The summed E-state index contributed by atoms with van der Waals surface area (Å²) in [6.45, 7) is 13.5. The second kappa shape index (κ2) is 4.52. The first-order chi connectivity index (χ1) is 6.94. The van der Waals surface area contributed by atoms with E-state index in [-0.39, 0.29) is 12.1 Å². The maximum absolute atomic E-state index is 11.7. The third-order valence-corrected chi connectivity index (χ3v) is 2.31.